The van der Waals surface area contributed by atoms with Crippen molar-refractivity contribution >= 4 is 6.03 Å². The van der Waals surface area contributed by atoms with Crippen molar-refractivity contribution in [3.63, 3.8) is 0 Å². The zero-order valence-corrected chi connectivity index (χ0v) is 8.55. The fourth-order valence-electron chi connectivity index (χ4n) is 1.58. The zero-order chi connectivity index (χ0) is 9.68. The van der Waals surface area contributed by atoms with Crippen molar-refractivity contribution in [1.82, 2.24) is 15.1 Å². The largest absolute Gasteiger partial charge is 0.323 e. The molecule has 0 saturated carbocycles. The Morgan fingerprint density at radius 3 is 2.62 bits per heavy atom. The second-order valence-corrected chi connectivity index (χ2v) is 3.31. The summed E-state index contributed by atoms with van der Waals surface area (Å²) in [7, 11) is 1.93. The van der Waals surface area contributed by atoms with Crippen LogP contribution in [0.2, 0.25) is 0 Å². The first-order chi connectivity index (χ1) is 6.29. The number of hydrogen-bond acceptors (Lipinski definition) is 2. The van der Waals surface area contributed by atoms with Gasteiger partial charge >= 0.3 is 6.03 Å². The van der Waals surface area contributed by atoms with Crippen molar-refractivity contribution in [3.05, 3.63) is 0 Å². The van der Waals surface area contributed by atoms with Crippen LogP contribution in [-0.2, 0) is 0 Å². The Kier molecular flexibility index (Phi) is 4.02. The number of amides is 2. The van der Waals surface area contributed by atoms with Crippen molar-refractivity contribution in [2.24, 2.45) is 0 Å². The number of nitrogens with zero attached hydrogens (tertiary/aromatic N) is 2. The molecule has 1 saturated heterocycles. The van der Waals surface area contributed by atoms with Crippen LogP contribution in [0, 0.1) is 0 Å². The molecule has 0 spiro atoms. The van der Waals surface area contributed by atoms with Gasteiger partial charge in [-0.05, 0) is 26.9 Å². The topological polar surface area (TPSA) is 35.6 Å². The van der Waals surface area contributed by atoms with Crippen molar-refractivity contribution in [3.8, 4) is 0 Å². The molecule has 0 unspecified atom stereocenters. The van der Waals surface area contributed by atoms with Crippen LogP contribution in [0.3, 0.4) is 0 Å². The highest BCUT2D eigenvalue weighted by Gasteiger charge is 2.25. The summed E-state index contributed by atoms with van der Waals surface area (Å²) in [4.78, 5) is 15.4. The van der Waals surface area contributed by atoms with Crippen molar-refractivity contribution < 1.29 is 4.79 Å². The molecule has 0 aromatic carbocycles. The van der Waals surface area contributed by atoms with Crippen LogP contribution in [0.4, 0.5) is 4.79 Å². The van der Waals surface area contributed by atoms with Gasteiger partial charge in [-0.3, -0.25) is 0 Å². The second kappa shape index (κ2) is 5.07. The van der Waals surface area contributed by atoms with Crippen LogP contribution in [0.25, 0.3) is 0 Å². The van der Waals surface area contributed by atoms with E-state index in [4.69, 9.17) is 0 Å². The first-order valence-corrected chi connectivity index (χ1v) is 4.98. The van der Waals surface area contributed by atoms with Crippen LogP contribution in [0.15, 0.2) is 0 Å². The molecule has 76 valence electrons. The SMILES string of the molecule is CCN1CCN(CCCNC)C1=O. The van der Waals surface area contributed by atoms with E-state index in [1.165, 1.54) is 0 Å². The molecule has 0 aromatic rings. The molecule has 0 atom stereocenters. The van der Waals surface area contributed by atoms with E-state index in [1.807, 2.05) is 23.8 Å². The van der Waals surface area contributed by atoms with Gasteiger partial charge in [-0.15, -0.1) is 0 Å². The summed E-state index contributed by atoms with van der Waals surface area (Å²) < 4.78 is 0. The predicted molar refractivity (Wildman–Crippen MR) is 52.8 cm³/mol. The van der Waals surface area contributed by atoms with Gasteiger partial charge in [0.25, 0.3) is 0 Å². The van der Waals surface area contributed by atoms with Crippen LogP contribution in [0.5, 0.6) is 0 Å². The quantitative estimate of drug-likeness (QED) is 0.627. The number of hydrogen-bond donors (Lipinski definition) is 1. The number of rotatable bonds is 5. The number of carbonyl (C=O) groups is 1. The molecule has 0 aliphatic carbocycles. The van der Waals surface area contributed by atoms with E-state index < -0.39 is 0 Å². The van der Waals surface area contributed by atoms with Crippen molar-refractivity contribution in [2.45, 2.75) is 13.3 Å². The van der Waals surface area contributed by atoms with E-state index in [1.54, 1.807) is 0 Å². The third kappa shape index (κ3) is 2.59. The summed E-state index contributed by atoms with van der Waals surface area (Å²) in [5.74, 6) is 0. The molecule has 13 heavy (non-hydrogen) atoms. The minimum Gasteiger partial charge on any atom is -0.323 e. The fourth-order valence-corrected chi connectivity index (χ4v) is 1.58. The summed E-state index contributed by atoms with van der Waals surface area (Å²) in [5.41, 5.74) is 0. The van der Waals surface area contributed by atoms with Gasteiger partial charge in [-0.2, -0.15) is 0 Å². The Bertz CT molecular complexity index is 172. The van der Waals surface area contributed by atoms with Gasteiger partial charge in [-0.1, -0.05) is 0 Å². The molecule has 1 aliphatic heterocycles. The van der Waals surface area contributed by atoms with E-state index in [2.05, 4.69) is 5.32 Å². The van der Waals surface area contributed by atoms with Crippen LogP contribution >= 0.6 is 0 Å². The van der Waals surface area contributed by atoms with Gasteiger partial charge in [0.05, 0.1) is 0 Å². The minimum absolute atomic E-state index is 0.207. The van der Waals surface area contributed by atoms with E-state index in [0.717, 1.165) is 39.1 Å². The maximum Gasteiger partial charge on any atom is 0.320 e. The van der Waals surface area contributed by atoms with Crippen molar-refractivity contribution in [2.75, 3.05) is 39.8 Å². The summed E-state index contributed by atoms with van der Waals surface area (Å²) in [6.07, 6.45) is 1.04. The summed E-state index contributed by atoms with van der Waals surface area (Å²) >= 11 is 0. The van der Waals surface area contributed by atoms with Gasteiger partial charge in [0.1, 0.15) is 0 Å². The second-order valence-electron chi connectivity index (χ2n) is 3.31. The molecule has 1 heterocycles. The normalized spacial score (nSPS) is 17.2. The smallest absolute Gasteiger partial charge is 0.320 e. The maximum absolute atomic E-state index is 11.6. The minimum atomic E-state index is 0.207. The molecule has 1 aliphatic rings. The Balaban J connectivity index is 2.24. The number of urea groups is 1. The monoisotopic (exact) mass is 185 g/mol. The Morgan fingerprint density at radius 2 is 2.08 bits per heavy atom. The molecule has 1 rings (SSSR count). The van der Waals surface area contributed by atoms with Gasteiger partial charge in [0.2, 0.25) is 0 Å². The van der Waals surface area contributed by atoms with Crippen LogP contribution in [0.1, 0.15) is 13.3 Å². The maximum atomic E-state index is 11.6. The van der Waals surface area contributed by atoms with Crippen molar-refractivity contribution in [1.29, 1.82) is 0 Å². The lowest BCUT2D eigenvalue weighted by molar-refractivity contribution is 0.193. The van der Waals surface area contributed by atoms with E-state index >= 15 is 0 Å². The van der Waals surface area contributed by atoms with E-state index in [0.29, 0.717) is 0 Å². The third-order valence-corrected chi connectivity index (χ3v) is 2.42. The summed E-state index contributed by atoms with van der Waals surface area (Å²) in [6.45, 7) is 6.52. The molecular weight excluding hydrogens is 166 g/mol. The molecule has 4 nitrogen and oxygen atoms in total. The van der Waals surface area contributed by atoms with Gasteiger partial charge in [-0.25, -0.2) is 4.79 Å². The predicted octanol–water partition coefficient (Wildman–Crippen LogP) is 0.353. The first kappa shape index (κ1) is 10.3. The van der Waals surface area contributed by atoms with Crippen LogP contribution in [-0.4, -0.2) is 55.6 Å². The number of likely N-dealkylation sites (N-methyl/N-ethyl adjacent to an activating group) is 1. The lowest BCUT2D eigenvalue weighted by atomic mass is 10.4. The number of nitrogens with one attached hydrogen (secondary N) is 1. The summed E-state index contributed by atoms with van der Waals surface area (Å²) in [5, 5.41) is 3.08. The molecule has 0 radical (unpaired) electrons. The summed E-state index contributed by atoms with van der Waals surface area (Å²) in [6, 6.07) is 0.207. The molecule has 0 aromatic heterocycles. The van der Waals surface area contributed by atoms with Gasteiger partial charge in [0.15, 0.2) is 0 Å². The average Bonchev–Trinajstić information content (AvgIpc) is 2.48. The first-order valence-electron chi connectivity index (χ1n) is 4.98. The Hall–Kier alpha value is -0.770. The highest BCUT2D eigenvalue weighted by molar-refractivity contribution is 5.76. The number of carbonyl (C=O) groups excluding carboxylic acids is 1. The highest BCUT2D eigenvalue weighted by atomic mass is 16.2. The molecule has 1 fully saturated rings. The molecular formula is C9H19N3O. The standard InChI is InChI=1S/C9H19N3O/c1-3-11-7-8-12(9(11)13)6-4-5-10-2/h10H,3-8H2,1-2H3. The molecule has 2 amide bonds. The lowest BCUT2D eigenvalue weighted by Crippen LogP contribution is -2.33. The Labute approximate surface area is 79.9 Å². The molecule has 0 bridgehead atoms. The van der Waals surface area contributed by atoms with Gasteiger partial charge < -0.3 is 15.1 Å². The molecule has 1 N–H and O–H groups in total. The zero-order valence-electron chi connectivity index (χ0n) is 8.55. The molecule has 4 heteroatoms. The Morgan fingerprint density at radius 1 is 1.38 bits per heavy atom. The van der Waals surface area contributed by atoms with E-state index in [9.17, 15) is 4.79 Å². The third-order valence-electron chi connectivity index (χ3n) is 2.42. The average molecular weight is 185 g/mol. The highest BCUT2D eigenvalue weighted by Crippen LogP contribution is 2.07. The fraction of sp³-hybridized carbons (Fsp3) is 0.889. The van der Waals surface area contributed by atoms with Crippen LogP contribution < -0.4 is 5.32 Å². The van der Waals surface area contributed by atoms with Gasteiger partial charge in [0, 0.05) is 26.2 Å². The lowest BCUT2D eigenvalue weighted by Gasteiger charge is -2.16. The van der Waals surface area contributed by atoms with E-state index in [-0.39, 0.29) is 6.03 Å².